The molecule has 0 radical (unpaired) electrons. The van der Waals surface area contributed by atoms with Gasteiger partial charge >= 0.3 is 0 Å². The minimum Gasteiger partial charge on any atom is -0.505 e. The second kappa shape index (κ2) is 8.27. The van der Waals surface area contributed by atoms with E-state index in [0.717, 1.165) is 0 Å². The fourth-order valence-corrected chi connectivity index (χ4v) is 6.17. The van der Waals surface area contributed by atoms with Gasteiger partial charge in [-0.2, -0.15) is 0 Å². The standard InChI is InChI=1S/C23H18BrClN2O4S/c1-26(2)23(29)15-8-9-19-16(10-15)11-20(14-6-4-3-5-7-14)27(19)32(30,31)21-13-17(24)12-18(25)22(21)28/h3-13,28H,1-2H3. The summed E-state index contributed by atoms with van der Waals surface area (Å²) in [4.78, 5) is 13.6. The number of hydrogen-bond acceptors (Lipinski definition) is 4. The van der Waals surface area contributed by atoms with Crippen molar-refractivity contribution in [1.82, 2.24) is 8.87 Å². The third kappa shape index (κ3) is 3.79. The van der Waals surface area contributed by atoms with Crippen molar-refractivity contribution < 1.29 is 18.3 Å². The van der Waals surface area contributed by atoms with Crippen molar-refractivity contribution in [2.45, 2.75) is 4.90 Å². The van der Waals surface area contributed by atoms with Crippen LogP contribution in [0.5, 0.6) is 5.75 Å². The van der Waals surface area contributed by atoms with Crippen LogP contribution in [0.25, 0.3) is 22.2 Å². The lowest BCUT2D eigenvalue weighted by Crippen LogP contribution is -2.21. The Hall–Kier alpha value is -2.81. The second-order valence-corrected chi connectivity index (χ2v) is 10.5. The molecule has 3 aromatic carbocycles. The van der Waals surface area contributed by atoms with Gasteiger partial charge in [-0.1, -0.05) is 57.9 Å². The summed E-state index contributed by atoms with van der Waals surface area (Å²) >= 11 is 9.29. The summed E-state index contributed by atoms with van der Waals surface area (Å²) in [6, 6.07) is 18.3. The molecule has 6 nitrogen and oxygen atoms in total. The van der Waals surface area contributed by atoms with Crippen LogP contribution in [0, 0.1) is 0 Å². The van der Waals surface area contributed by atoms with Crippen molar-refractivity contribution in [3.63, 3.8) is 0 Å². The molecule has 0 fully saturated rings. The van der Waals surface area contributed by atoms with Gasteiger partial charge in [0.2, 0.25) is 0 Å². The third-order valence-corrected chi connectivity index (χ3v) is 7.48. The maximum Gasteiger partial charge on any atom is 0.272 e. The van der Waals surface area contributed by atoms with Gasteiger partial charge in [0.05, 0.1) is 16.2 Å². The number of halogens is 2. The molecule has 32 heavy (non-hydrogen) atoms. The normalized spacial score (nSPS) is 11.6. The van der Waals surface area contributed by atoms with Crippen LogP contribution in [0.15, 0.2) is 76.1 Å². The number of phenols is 1. The highest BCUT2D eigenvalue weighted by molar-refractivity contribution is 9.10. The van der Waals surface area contributed by atoms with Crippen LogP contribution in [0.2, 0.25) is 5.02 Å². The summed E-state index contributed by atoms with van der Waals surface area (Å²) in [6.45, 7) is 0. The van der Waals surface area contributed by atoms with E-state index in [1.165, 1.54) is 21.0 Å². The molecule has 4 rings (SSSR count). The molecular formula is C23H18BrClN2O4S. The van der Waals surface area contributed by atoms with Crippen LogP contribution in [0.3, 0.4) is 0 Å². The third-order valence-electron chi connectivity index (χ3n) is 4.99. The van der Waals surface area contributed by atoms with Gasteiger partial charge in [-0.25, -0.2) is 12.4 Å². The average molecular weight is 534 g/mol. The Balaban J connectivity index is 2.06. The summed E-state index contributed by atoms with van der Waals surface area (Å²) < 4.78 is 29.2. The summed E-state index contributed by atoms with van der Waals surface area (Å²) in [6.07, 6.45) is 0. The zero-order valence-corrected chi connectivity index (χ0v) is 20.2. The zero-order chi connectivity index (χ0) is 23.2. The Morgan fingerprint density at radius 3 is 2.38 bits per heavy atom. The highest BCUT2D eigenvalue weighted by Crippen LogP contribution is 2.39. The van der Waals surface area contributed by atoms with Crippen molar-refractivity contribution in [2.24, 2.45) is 0 Å². The fourth-order valence-electron chi connectivity index (χ4n) is 3.49. The molecule has 1 N–H and O–H groups in total. The van der Waals surface area contributed by atoms with Crippen molar-refractivity contribution in [3.05, 3.63) is 81.8 Å². The van der Waals surface area contributed by atoms with Crippen molar-refractivity contribution in [1.29, 1.82) is 0 Å². The molecule has 164 valence electrons. The van der Waals surface area contributed by atoms with Crippen molar-refractivity contribution in [3.8, 4) is 17.0 Å². The van der Waals surface area contributed by atoms with E-state index in [4.69, 9.17) is 11.6 Å². The first-order valence-corrected chi connectivity index (χ1v) is 12.1. The van der Waals surface area contributed by atoms with Gasteiger partial charge in [0.15, 0.2) is 5.75 Å². The number of amides is 1. The molecule has 0 saturated carbocycles. The molecule has 0 atom stereocenters. The molecule has 4 aromatic rings. The lowest BCUT2D eigenvalue weighted by molar-refractivity contribution is 0.0827. The zero-order valence-electron chi connectivity index (χ0n) is 17.1. The molecule has 1 heterocycles. The van der Waals surface area contributed by atoms with Gasteiger partial charge in [-0.05, 0) is 42.0 Å². The van der Waals surface area contributed by atoms with Crippen LogP contribution in [-0.4, -0.2) is 42.4 Å². The van der Waals surface area contributed by atoms with Gasteiger partial charge in [0, 0.05) is 29.5 Å². The predicted molar refractivity (Wildman–Crippen MR) is 129 cm³/mol. The highest BCUT2D eigenvalue weighted by Gasteiger charge is 2.28. The monoisotopic (exact) mass is 532 g/mol. The minimum absolute atomic E-state index is 0.0884. The van der Waals surface area contributed by atoms with Crippen LogP contribution in [0.1, 0.15) is 10.4 Å². The van der Waals surface area contributed by atoms with E-state index in [1.807, 2.05) is 6.07 Å². The molecule has 1 amide bonds. The first-order valence-electron chi connectivity index (χ1n) is 9.47. The Kier molecular flexibility index (Phi) is 5.79. The van der Waals surface area contributed by atoms with E-state index in [9.17, 15) is 18.3 Å². The number of carbonyl (C=O) groups is 1. The second-order valence-electron chi connectivity index (χ2n) is 7.37. The van der Waals surface area contributed by atoms with Gasteiger partial charge in [-0.3, -0.25) is 4.79 Å². The number of fused-ring (bicyclic) bond motifs is 1. The topological polar surface area (TPSA) is 79.6 Å². The summed E-state index contributed by atoms with van der Waals surface area (Å²) in [5.41, 5.74) is 1.86. The molecule has 0 bridgehead atoms. The van der Waals surface area contributed by atoms with Gasteiger partial charge in [0.25, 0.3) is 15.9 Å². The summed E-state index contributed by atoms with van der Waals surface area (Å²) in [7, 11) is -0.969. The Bertz CT molecular complexity index is 1460. The smallest absolute Gasteiger partial charge is 0.272 e. The maximum atomic E-state index is 13.8. The maximum absolute atomic E-state index is 13.8. The molecule has 0 aliphatic heterocycles. The molecule has 0 aliphatic rings. The number of benzene rings is 3. The molecular weight excluding hydrogens is 516 g/mol. The molecule has 0 aliphatic carbocycles. The van der Waals surface area contributed by atoms with E-state index in [1.54, 1.807) is 62.6 Å². The number of carbonyl (C=O) groups excluding carboxylic acids is 1. The largest absolute Gasteiger partial charge is 0.505 e. The predicted octanol–water partition coefficient (Wildman–Crippen LogP) is 5.37. The quantitative estimate of drug-likeness (QED) is 0.383. The average Bonchev–Trinajstić information content (AvgIpc) is 3.15. The van der Waals surface area contributed by atoms with Crippen LogP contribution in [0.4, 0.5) is 0 Å². The van der Waals surface area contributed by atoms with Crippen LogP contribution >= 0.6 is 27.5 Å². The van der Waals surface area contributed by atoms with Crippen molar-refractivity contribution >= 4 is 54.4 Å². The van der Waals surface area contributed by atoms with Crippen LogP contribution in [-0.2, 0) is 10.0 Å². The first-order chi connectivity index (χ1) is 15.1. The molecule has 0 unspecified atom stereocenters. The van der Waals surface area contributed by atoms with Gasteiger partial charge in [-0.15, -0.1) is 0 Å². The SMILES string of the molecule is CN(C)C(=O)c1ccc2c(c1)cc(-c1ccccc1)n2S(=O)(=O)c1cc(Br)cc(Cl)c1O. The molecule has 0 saturated heterocycles. The fraction of sp³-hybridized carbons (Fsp3) is 0.0870. The van der Waals surface area contributed by atoms with E-state index < -0.39 is 15.8 Å². The lowest BCUT2D eigenvalue weighted by atomic mass is 10.1. The number of nitrogens with zero attached hydrogens (tertiary/aromatic N) is 2. The van der Waals surface area contributed by atoms with E-state index in [0.29, 0.717) is 32.2 Å². The Morgan fingerprint density at radius 2 is 1.72 bits per heavy atom. The number of hydrogen-bond donors (Lipinski definition) is 1. The number of aromatic hydroxyl groups is 1. The number of rotatable bonds is 4. The summed E-state index contributed by atoms with van der Waals surface area (Å²) in [5, 5.41) is 11.0. The van der Waals surface area contributed by atoms with E-state index in [2.05, 4.69) is 15.9 Å². The molecule has 9 heteroatoms. The van der Waals surface area contributed by atoms with Gasteiger partial charge < -0.3 is 10.0 Å². The molecule has 0 spiro atoms. The number of phenolic OH excluding ortho intramolecular Hbond substituents is 1. The minimum atomic E-state index is -4.27. The first kappa shape index (κ1) is 22.4. The van der Waals surface area contributed by atoms with E-state index in [-0.39, 0.29) is 15.8 Å². The summed E-state index contributed by atoms with van der Waals surface area (Å²) in [5.74, 6) is -0.727. The number of aromatic nitrogens is 1. The molecule has 1 aromatic heterocycles. The highest BCUT2D eigenvalue weighted by atomic mass is 79.9. The lowest BCUT2D eigenvalue weighted by Gasteiger charge is -2.15. The van der Waals surface area contributed by atoms with E-state index >= 15 is 0 Å². The Labute approximate surface area is 198 Å². The Morgan fingerprint density at radius 1 is 1.03 bits per heavy atom. The van der Waals surface area contributed by atoms with Gasteiger partial charge in [0.1, 0.15) is 4.90 Å². The van der Waals surface area contributed by atoms with Crippen LogP contribution < -0.4 is 0 Å². The van der Waals surface area contributed by atoms with Crippen molar-refractivity contribution in [2.75, 3.05) is 14.1 Å².